The zero-order valence-electron chi connectivity index (χ0n) is 23.8. The second-order valence-corrected chi connectivity index (χ2v) is 12.9. The SMILES string of the molecule is COc1cccc(S(=O)(=O)N2CCC3(CC2)CN(C(=O)Nc2cccc(F)c2)[C@H](CO)c2[nH]c4cc(OC)ccc4c23)c1. The molecule has 1 saturated heterocycles. The molecule has 3 N–H and O–H groups in total. The van der Waals surface area contributed by atoms with Gasteiger partial charge in [0.25, 0.3) is 0 Å². The van der Waals surface area contributed by atoms with Crippen molar-refractivity contribution in [3.8, 4) is 11.5 Å². The molecule has 2 aliphatic rings. The van der Waals surface area contributed by atoms with Crippen molar-refractivity contribution >= 4 is 32.6 Å². The van der Waals surface area contributed by atoms with Gasteiger partial charge < -0.3 is 29.8 Å². The van der Waals surface area contributed by atoms with Crippen molar-refractivity contribution in [3.05, 3.63) is 83.8 Å². The van der Waals surface area contributed by atoms with Gasteiger partial charge in [0.2, 0.25) is 10.0 Å². The molecule has 3 heterocycles. The summed E-state index contributed by atoms with van der Waals surface area (Å²) in [5.74, 6) is 0.624. The highest BCUT2D eigenvalue weighted by atomic mass is 32.2. The average molecular weight is 609 g/mol. The molecule has 0 unspecified atom stereocenters. The van der Waals surface area contributed by atoms with Crippen LogP contribution in [0.25, 0.3) is 10.9 Å². The first kappa shape index (κ1) is 29.0. The lowest BCUT2D eigenvalue weighted by molar-refractivity contribution is 0.0860. The number of H-pyrrole nitrogens is 1. The van der Waals surface area contributed by atoms with Crippen LogP contribution in [0.3, 0.4) is 0 Å². The van der Waals surface area contributed by atoms with Crippen molar-refractivity contribution in [3.63, 3.8) is 0 Å². The van der Waals surface area contributed by atoms with Gasteiger partial charge in [0.15, 0.2) is 0 Å². The number of benzene rings is 3. The molecule has 1 atom stereocenters. The number of methoxy groups -OCH3 is 2. The molecule has 43 heavy (non-hydrogen) atoms. The molecule has 10 nitrogen and oxygen atoms in total. The number of piperidine rings is 1. The minimum Gasteiger partial charge on any atom is -0.497 e. The number of aromatic amines is 1. The summed E-state index contributed by atoms with van der Waals surface area (Å²) in [4.78, 5) is 18.8. The van der Waals surface area contributed by atoms with Gasteiger partial charge in [-0.05, 0) is 60.9 Å². The van der Waals surface area contributed by atoms with Gasteiger partial charge in [-0.1, -0.05) is 12.1 Å². The van der Waals surface area contributed by atoms with Crippen LogP contribution in [0.15, 0.2) is 71.6 Å². The Morgan fingerprint density at radius 1 is 1.05 bits per heavy atom. The number of carbonyl (C=O) groups is 1. The molecule has 2 amide bonds. The third kappa shape index (κ3) is 5.09. The number of nitrogens with zero attached hydrogens (tertiary/aromatic N) is 2. The topological polar surface area (TPSA) is 124 Å². The molecule has 4 aromatic rings. The van der Waals surface area contributed by atoms with Gasteiger partial charge in [-0.3, -0.25) is 0 Å². The Balaban J connectivity index is 1.38. The Hall–Kier alpha value is -4.13. The van der Waals surface area contributed by atoms with E-state index in [9.17, 15) is 22.7 Å². The summed E-state index contributed by atoms with van der Waals surface area (Å²) in [6.07, 6.45) is 0.869. The number of aliphatic hydroxyl groups is 1. The van der Waals surface area contributed by atoms with E-state index in [1.54, 1.807) is 36.3 Å². The van der Waals surface area contributed by atoms with Crippen molar-refractivity contribution in [1.29, 1.82) is 0 Å². The number of nitrogens with one attached hydrogen (secondary N) is 2. The quantitative estimate of drug-likeness (QED) is 0.293. The van der Waals surface area contributed by atoms with Crippen molar-refractivity contribution in [2.75, 3.05) is 45.8 Å². The number of amides is 2. The first-order chi connectivity index (χ1) is 20.7. The maximum atomic E-state index is 13.9. The smallest absolute Gasteiger partial charge is 0.322 e. The zero-order chi connectivity index (χ0) is 30.4. The van der Waals surface area contributed by atoms with Crippen LogP contribution >= 0.6 is 0 Å². The fourth-order valence-corrected chi connectivity index (χ4v) is 7.93. The number of aliphatic hydroxyl groups excluding tert-OH is 1. The van der Waals surface area contributed by atoms with Crippen LogP contribution in [0.1, 0.15) is 30.1 Å². The third-order valence-electron chi connectivity index (χ3n) is 8.62. The summed E-state index contributed by atoms with van der Waals surface area (Å²) in [6, 6.07) is 16.5. The van der Waals surface area contributed by atoms with E-state index in [-0.39, 0.29) is 31.1 Å². The summed E-state index contributed by atoms with van der Waals surface area (Å²) >= 11 is 0. The van der Waals surface area contributed by atoms with E-state index >= 15 is 0 Å². The number of fused-ring (bicyclic) bond motifs is 4. The highest BCUT2D eigenvalue weighted by Crippen LogP contribution is 2.49. The normalized spacial score (nSPS) is 18.4. The van der Waals surface area contributed by atoms with Crippen LogP contribution < -0.4 is 14.8 Å². The number of carbonyl (C=O) groups excluding carboxylic acids is 1. The molecule has 0 bridgehead atoms. The molecule has 12 heteroatoms. The molecule has 1 fully saturated rings. The van der Waals surface area contributed by atoms with Crippen LogP contribution in [0.4, 0.5) is 14.9 Å². The number of halogens is 1. The van der Waals surface area contributed by atoms with Gasteiger partial charge in [-0.25, -0.2) is 17.6 Å². The molecule has 226 valence electrons. The monoisotopic (exact) mass is 608 g/mol. The molecule has 0 radical (unpaired) electrons. The lowest BCUT2D eigenvalue weighted by atomic mass is 9.68. The van der Waals surface area contributed by atoms with Gasteiger partial charge in [0.05, 0.1) is 31.8 Å². The van der Waals surface area contributed by atoms with Gasteiger partial charge in [0, 0.05) is 59.5 Å². The number of rotatable bonds is 6. The second-order valence-electron chi connectivity index (χ2n) is 11.0. The Morgan fingerprint density at radius 2 is 1.77 bits per heavy atom. The molecule has 1 spiro atoms. The van der Waals surface area contributed by atoms with E-state index < -0.39 is 33.3 Å². The molecule has 3 aromatic carbocycles. The fourth-order valence-electron chi connectivity index (χ4n) is 6.45. The van der Waals surface area contributed by atoms with Crippen molar-refractivity contribution in [2.24, 2.45) is 0 Å². The van der Waals surface area contributed by atoms with Gasteiger partial charge in [-0.15, -0.1) is 0 Å². The minimum atomic E-state index is -3.79. The Morgan fingerprint density at radius 3 is 2.47 bits per heavy atom. The van der Waals surface area contributed by atoms with E-state index in [1.165, 1.54) is 35.7 Å². The summed E-state index contributed by atoms with van der Waals surface area (Å²) in [5.41, 5.74) is 2.13. The average Bonchev–Trinajstić information content (AvgIpc) is 3.41. The summed E-state index contributed by atoms with van der Waals surface area (Å²) in [7, 11) is -0.723. The molecule has 6 rings (SSSR count). The molecule has 0 aliphatic carbocycles. The molecular weight excluding hydrogens is 575 g/mol. The Labute approximate surface area is 249 Å². The highest BCUT2D eigenvalue weighted by Gasteiger charge is 2.50. The van der Waals surface area contributed by atoms with Gasteiger partial charge >= 0.3 is 6.03 Å². The molecular formula is C31H33FN4O6S. The number of urea groups is 1. The first-order valence-corrected chi connectivity index (χ1v) is 15.4. The second kappa shape index (κ2) is 11.2. The number of sulfonamides is 1. The summed E-state index contributed by atoms with van der Waals surface area (Å²) < 4.78 is 53.3. The van der Waals surface area contributed by atoms with E-state index in [0.29, 0.717) is 35.7 Å². The lowest BCUT2D eigenvalue weighted by Crippen LogP contribution is -2.56. The molecule has 1 aromatic heterocycles. The third-order valence-corrected chi connectivity index (χ3v) is 10.5. The predicted octanol–water partition coefficient (Wildman–Crippen LogP) is 4.63. The zero-order valence-corrected chi connectivity index (χ0v) is 24.7. The number of aromatic nitrogens is 1. The standard InChI is InChI=1S/C31H33FN4O6S/c1-41-22-7-4-8-24(16-22)43(39,40)35-13-11-31(12-14-35)19-36(30(38)33-21-6-3-5-20(32)15-21)27(18-37)29-28(31)25-10-9-23(42-2)17-26(25)34-29/h3-10,15-17,27,34,37H,11-14,18-19H2,1-2H3,(H,33,38)/t27-/m1/s1. The fraction of sp³-hybridized carbons (Fsp3) is 0.323. The van der Waals surface area contributed by atoms with Crippen molar-refractivity contribution in [2.45, 2.75) is 29.2 Å². The highest BCUT2D eigenvalue weighted by molar-refractivity contribution is 7.89. The van der Waals surface area contributed by atoms with E-state index in [4.69, 9.17) is 9.47 Å². The van der Waals surface area contributed by atoms with Crippen LogP contribution in [0.2, 0.25) is 0 Å². The van der Waals surface area contributed by atoms with Crippen LogP contribution in [0, 0.1) is 5.82 Å². The van der Waals surface area contributed by atoms with E-state index in [1.807, 2.05) is 18.2 Å². The van der Waals surface area contributed by atoms with E-state index in [0.717, 1.165) is 16.5 Å². The Bertz CT molecular complexity index is 1780. The van der Waals surface area contributed by atoms with Crippen molar-refractivity contribution < 1.29 is 32.2 Å². The molecule has 0 saturated carbocycles. The maximum Gasteiger partial charge on any atom is 0.322 e. The van der Waals surface area contributed by atoms with Crippen LogP contribution in [0.5, 0.6) is 11.5 Å². The number of hydrogen-bond acceptors (Lipinski definition) is 6. The van der Waals surface area contributed by atoms with E-state index in [2.05, 4.69) is 10.3 Å². The number of anilines is 1. The predicted molar refractivity (Wildman–Crippen MR) is 159 cm³/mol. The van der Waals surface area contributed by atoms with Crippen LogP contribution in [-0.4, -0.2) is 74.2 Å². The number of ether oxygens (including phenoxy) is 2. The lowest BCUT2D eigenvalue weighted by Gasteiger charge is -2.49. The van der Waals surface area contributed by atoms with Gasteiger partial charge in [-0.2, -0.15) is 4.31 Å². The molecule has 2 aliphatic heterocycles. The largest absolute Gasteiger partial charge is 0.497 e. The summed E-state index contributed by atoms with van der Waals surface area (Å²) in [5, 5.41) is 14.3. The van der Waals surface area contributed by atoms with Crippen molar-refractivity contribution in [1.82, 2.24) is 14.2 Å². The first-order valence-electron chi connectivity index (χ1n) is 14.0. The van der Waals surface area contributed by atoms with Crippen LogP contribution in [-0.2, 0) is 15.4 Å². The summed E-state index contributed by atoms with van der Waals surface area (Å²) in [6.45, 7) is 0.342. The Kier molecular flexibility index (Phi) is 7.53. The number of hydrogen-bond donors (Lipinski definition) is 3. The minimum absolute atomic E-state index is 0.155. The maximum absolute atomic E-state index is 13.9. The van der Waals surface area contributed by atoms with Gasteiger partial charge in [0.1, 0.15) is 17.3 Å².